The van der Waals surface area contributed by atoms with E-state index in [0.717, 1.165) is 37.1 Å². The number of benzene rings is 2. The molecular weight excluding hydrogens is 366 g/mol. The summed E-state index contributed by atoms with van der Waals surface area (Å²) >= 11 is 0. The number of hydrogen-bond donors (Lipinski definition) is 3. The molecule has 0 unspecified atom stereocenters. The van der Waals surface area contributed by atoms with E-state index >= 15 is 0 Å². The van der Waals surface area contributed by atoms with Crippen LogP contribution < -0.4 is 20.7 Å². The van der Waals surface area contributed by atoms with Gasteiger partial charge in [0.15, 0.2) is 0 Å². The molecule has 0 heterocycles. The SMILES string of the molecule is CCCCCC(=O)Nc1cccc(NC(=O)CNc2ccc(OCCC)cc2)c1. The predicted octanol–water partition coefficient (Wildman–Crippen LogP) is 5.04. The van der Waals surface area contributed by atoms with Crippen LogP contribution >= 0.6 is 0 Å². The van der Waals surface area contributed by atoms with Crippen LogP contribution in [0.1, 0.15) is 46.0 Å². The first-order chi connectivity index (χ1) is 14.1. The van der Waals surface area contributed by atoms with Crippen molar-refractivity contribution in [2.24, 2.45) is 0 Å². The van der Waals surface area contributed by atoms with Gasteiger partial charge in [0.2, 0.25) is 11.8 Å². The second-order valence-electron chi connectivity index (χ2n) is 6.86. The second-order valence-corrected chi connectivity index (χ2v) is 6.86. The van der Waals surface area contributed by atoms with E-state index in [1.807, 2.05) is 30.3 Å². The highest BCUT2D eigenvalue weighted by molar-refractivity contribution is 5.95. The van der Waals surface area contributed by atoms with Crippen molar-refractivity contribution in [1.29, 1.82) is 0 Å². The van der Waals surface area contributed by atoms with Crippen LogP contribution in [-0.2, 0) is 9.59 Å². The topological polar surface area (TPSA) is 79.5 Å². The van der Waals surface area contributed by atoms with Crippen LogP contribution in [0.4, 0.5) is 17.1 Å². The Labute approximate surface area is 173 Å². The smallest absolute Gasteiger partial charge is 0.243 e. The molecule has 2 rings (SSSR count). The van der Waals surface area contributed by atoms with Gasteiger partial charge in [-0.05, 0) is 55.3 Å². The molecule has 2 aromatic rings. The molecule has 0 saturated carbocycles. The average Bonchev–Trinajstić information content (AvgIpc) is 2.72. The average molecular weight is 398 g/mol. The fraction of sp³-hybridized carbons (Fsp3) is 0.391. The Hall–Kier alpha value is -3.02. The van der Waals surface area contributed by atoms with Gasteiger partial charge in [-0.25, -0.2) is 0 Å². The number of amides is 2. The van der Waals surface area contributed by atoms with E-state index in [4.69, 9.17) is 4.74 Å². The maximum absolute atomic E-state index is 12.2. The zero-order valence-electron chi connectivity index (χ0n) is 17.3. The third kappa shape index (κ3) is 8.68. The minimum Gasteiger partial charge on any atom is -0.494 e. The Kier molecular flexibility index (Phi) is 9.55. The number of carbonyl (C=O) groups is 2. The van der Waals surface area contributed by atoms with Gasteiger partial charge in [0.05, 0.1) is 13.2 Å². The Bertz CT molecular complexity index is 775. The van der Waals surface area contributed by atoms with Gasteiger partial charge in [-0.3, -0.25) is 9.59 Å². The van der Waals surface area contributed by atoms with Crippen LogP contribution in [-0.4, -0.2) is 25.0 Å². The Morgan fingerprint density at radius 1 is 0.828 bits per heavy atom. The molecule has 0 atom stereocenters. The molecule has 0 saturated heterocycles. The van der Waals surface area contributed by atoms with E-state index in [9.17, 15) is 9.59 Å². The lowest BCUT2D eigenvalue weighted by Gasteiger charge is -2.11. The van der Waals surface area contributed by atoms with Crippen molar-refractivity contribution < 1.29 is 14.3 Å². The predicted molar refractivity (Wildman–Crippen MR) is 119 cm³/mol. The molecule has 0 aliphatic carbocycles. The summed E-state index contributed by atoms with van der Waals surface area (Å²) in [6, 6.07) is 14.7. The number of anilines is 3. The minimum absolute atomic E-state index is 0.00467. The summed E-state index contributed by atoms with van der Waals surface area (Å²) in [4.78, 5) is 24.2. The van der Waals surface area contributed by atoms with Crippen LogP contribution in [0.25, 0.3) is 0 Å². The third-order valence-electron chi connectivity index (χ3n) is 4.22. The highest BCUT2D eigenvalue weighted by Gasteiger charge is 2.06. The van der Waals surface area contributed by atoms with E-state index in [-0.39, 0.29) is 18.4 Å². The molecule has 0 fully saturated rings. The highest BCUT2D eigenvalue weighted by atomic mass is 16.5. The van der Waals surface area contributed by atoms with Gasteiger partial charge in [0.25, 0.3) is 0 Å². The van der Waals surface area contributed by atoms with Crippen LogP contribution in [0.2, 0.25) is 0 Å². The lowest BCUT2D eigenvalue weighted by Crippen LogP contribution is -2.21. The van der Waals surface area contributed by atoms with Gasteiger partial charge >= 0.3 is 0 Å². The molecule has 0 aromatic heterocycles. The van der Waals surface area contributed by atoms with E-state index in [1.165, 1.54) is 0 Å². The Morgan fingerprint density at radius 3 is 2.17 bits per heavy atom. The molecule has 0 radical (unpaired) electrons. The first-order valence-electron chi connectivity index (χ1n) is 10.3. The van der Waals surface area contributed by atoms with Gasteiger partial charge in [0, 0.05) is 23.5 Å². The van der Waals surface area contributed by atoms with Crippen molar-refractivity contribution in [2.45, 2.75) is 46.0 Å². The van der Waals surface area contributed by atoms with Crippen LogP contribution in [0.15, 0.2) is 48.5 Å². The lowest BCUT2D eigenvalue weighted by molar-refractivity contribution is -0.116. The molecule has 6 heteroatoms. The first-order valence-corrected chi connectivity index (χ1v) is 10.3. The van der Waals surface area contributed by atoms with Gasteiger partial charge in [0.1, 0.15) is 5.75 Å². The molecule has 0 spiro atoms. The maximum atomic E-state index is 12.2. The molecule has 156 valence electrons. The molecule has 0 bridgehead atoms. The summed E-state index contributed by atoms with van der Waals surface area (Å²) in [6.07, 6.45) is 4.49. The van der Waals surface area contributed by atoms with Crippen molar-refractivity contribution in [2.75, 3.05) is 29.1 Å². The van der Waals surface area contributed by atoms with Gasteiger partial charge < -0.3 is 20.7 Å². The number of nitrogens with one attached hydrogen (secondary N) is 3. The van der Waals surface area contributed by atoms with Crippen molar-refractivity contribution in [1.82, 2.24) is 0 Å². The molecule has 2 aromatic carbocycles. The summed E-state index contributed by atoms with van der Waals surface area (Å²) in [6.45, 7) is 5.00. The molecule has 3 N–H and O–H groups in total. The summed E-state index contributed by atoms with van der Waals surface area (Å²) in [7, 11) is 0. The zero-order valence-corrected chi connectivity index (χ0v) is 17.3. The van der Waals surface area contributed by atoms with Gasteiger partial charge in [-0.2, -0.15) is 0 Å². The maximum Gasteiger partial charge on any atom is 0.243 e. The fourth-order valence-corrected chi connectivity index (χ4v) is 2.71. The van der Waals surface area contributed by atoms with Crippen molar-refractivity contribution >= 4 is 28.9 Å². The van der Waals surface area contributed by atoms with Gasteiger partial charge in [-0.1, -0.05) is 32.8 Å². The van der Waals surface area contributed by atoms with Crippen LogP contribution in [0, 0.1) is 0 Å². The Morgan fingerprint density at radius 2 is 1.52 bits per heavy atom. The third-order valence-corrected chi connectivity index (χ3v) is 4.22. The van der Waals surface area contributed by atoms with E-state index in [1.54, 1.807) is 18.2 Å². The quantitative estimate of drug-likeness (QED) is 0.438. The lowest BCUT2D eigenvalue weighted by atomic mass is 10.2. The molecule has 6 nitrogen and oxygen atoms in total. The summed E-state index contributed by atoms with van der Waals surface area (Å²) in [5.74, 6) is 0.646. The minimum atomic E-state index is -0.164. The summed E-state index contributed by atoms with van der Waals surface area (Å²) < 4.78 is 5.54. The largest absolute Gasteiger partial charge is 0.494 e. The number of rotatable bonds is 12. The molecule has 29 heavy (non-hydrogen) atoms. The number of unbranched alkanes of at least 4 members (excludes halogenated alkanes) is 2. The summed E-state index contributed by atoms with van der Waals surface area (Å²) in [5, 5.41) is 8.80. The van der Waals surface area contributed by atoms with Crippen molar-refractivity contribution in [3.05, 3.63) is 48.5 Å². The second kappa shape index (κ2) is 12.4. The van der Waals surface area contributed by atoms with Crippen LogP contribution in [0.3, 0.4) is 0 Å². The Balaban J connectivity index is 1.79. The fourth-order valence-electron chi connectivity index (χ4n) is 2.71. The van der Waals surface area contributed by atoms with Crippen molar-refractivity contribution in [3.63, 3.8) is 0 Å². The van der Waals surface area contributed by atoms with E-state index in [2.05, 4.69) is 29.8 Å². The zero-order chi connectivity index (χ0) is 20.9. The molecule has 0 aliphatic heterocycles. The number of ether oxygens (including phenoxy) is 1. The standard InChI is InChI=1S/C23H31N3O3/c1-3-5-6-10-22(27)25-19-8-7-9-20(16-19)26-23(28)17-24-18-11-13-21(14-12-18)29-15-4-2/h7-9,11-14,16,24H,3-6,10,15,17H2,1-2H3,(H,25,27)(H,26,28). The highest BCUT2D eigenvalue weighted by Crippen LogP contribution is 2.17. The van der Waals surface area contributed by atoms with Crippen molar-refractivity contribution in [3.8, 4) is 5.75 Å². The monoisotopic (exact) mass is 397 g/mol. The number of carbonyl (C=O) groups excluding carboxylic acids is 2. The molecule has 0 aliphatic rings. The van der Waals surface area contributed by atoms with Gasteiger partial charge in [-0.15, -0.1) is 0 Å². The molecular formula is C23H31N3O3. The van der Waals surface area contributed by atoms with E-state index in [0.29, 0.717) is 24.4 Å². The summed E-state index contributed by atoms with van der Waals surface area (Å²) in [5.41, 5.74) is 2.17. The van der Waals surface area contributed by atoms with E-state index < -0.39 is 0 Å². The normalized spacial score (nSPS) is 10.3. The van der Waals surface area contributed by atoms with Crippen LogP contribution in [0.5, 0.6) is 5.75 Å². The molecule has 2 amide bonds. The first kappa shape index (κ1) is 22.3. The number of hydrogen-bond acceptors (Lipinski definition) is 4.